The molecule has 1 heterocycles. The molecule has 0 radical (unpaired) electrons. The number of hydrogen-bond donors (Lipinski definition) is 0. The lowest BCUT2D eigenvalue weighted by atomic mass is 9.86. The van der Waals surface area contributed by atoms with Gasteiger partial charge in [0.2, 0.25) is 0 Å². The number of pyridine rings is 1. The van der Waals surface area contributed by atoms with E-state index >= 15 is 0 Å². The van der Waals surface area contributed by atoms with Crippen LogP contribution in [0.25, 0.3) is 6.08 Å². The van der Waals surface area contributed by atoms with E-state index in [1.807, 2.05) is 18.3 Å². The summed E-state index contributed by atoms with van der Waals surface area (Å²) >= 11 is 0. The zero-order valence-electron chi connectivity index (χ0n) is 12.8. The van der Waals surface area contributed by atoms with Crippen LogP contribution in [0, 0.1) is 0 Å². The summed E-state index contributed by atoms with van der Waals surface area (Å²) in [4.78, 5) is 4.39. The molecular formula is C19H23N. The first-order chi connectivity index (χ1) is 9.47. The van der Waals surface area contributed by atoms with E-state index in [0.29, 0.717) is 5.92 Å². The van der Waals surface area contributed by atoms with Crippen molar-refractivity contribution in [1.82, 2.24) is 4.98 Å². The van der Waals surface area contributed by atoms with Crippen molar-refractivity contribution in [3.05, 3.63) is 71.6 Å². The van der Waals surface area contributed by atoms with Crippen LogP contribution < -0.4 is 0 Å². The minimum atomic E-state index is 0.212. The van der Waals surface area contributed by atoms with Crippen LogP contribution >= 0.6 is 0 Å². The summed E-state index contributed by atoms with van der Waals surface area (Å²) in [5, 5.41) is 0. The molecule has 1 nitrogen and oxygen atoms in total. The second-order valence-electron chi connectivity index (χ2n) is 6.27. The van der Waals surface area contributed by atoms with Crippen molar-refractivity contribution in [2.45, 2.75) is 39.0 Å². The summed E-state index contributed by atoms with van der Waals surface area (Å²) in [5.74, 6) is 0.332. The lowest BCUT2D eigenvalue weighted by Gasteiger charge is -2.18. The molecule has 0 aliphatic rings. The zero-order chi connectivity index (χ0) is 14.6. The maximum Gasteiger partial charge on any atom is 0.0469 e. The summed E-state index contributed by atoms with van der Waals surface area (Å²) < 4.78 is 0. The molecule has 0 fully saturated rings. The Kier molecular flexibility index (Phi) is 4.39. The maximum absolute atomic E-state index is 4.39. The van der Waals surface area contributed by atoms with Gasteiger partial charge in [0.25, 0.3) is 0 Å². The van der Waals surface area contributed by atoms with Gasteiger partial charge in [-0.05, 0) is 28.7 Å². The molecule has 2 rings (SSSR count). The Labute approximate surface area is 122 Å². The van der Waals surface area contributed by atoms with Crippen LogP contribution in [-0.4, -0.2) is 4.98 Å². The van der Waals surface area contributed by atoms with Gasteiger partial charge < -0.3 is 0 Å². The van der Waals surface area contributed by atoms with Crippen LogP contribution in [0.2, 0.25) is 0 Å². The molecule has 0 saturated heterocycles. The third kappa shape index (κ3) is 3.80. The highest BCUT2D eigenvalue weighted by Gasteiger charge is 2.12. The van der Waals surface area contributed by atoms with Crippen LogP contribution in [-0.2, 0) is 5.41 Å². The largest absolute Gasteiger partial charge is 0.261 e. The Morgan fingerprint density at radius 1 is 1.00 bits per heavy atom. The van der Waals surface area contributed by atoms with Crippen molar-refractivity contribution >= 4 is 6.08 Å². The molecule has 0 aliphatic carbocycles. The third-order valence-electron chi connectivity index (χ3n) is 3.51. The first-order valence-electron chi connectivity index (χ1n) is 7.16. The van der Waals surface area contributed by atoms with Crippen LogP contribution in [0.4, 0.5) is 0 Å². The highest BCUT2D eigenvalue weighted by Crippen LogP contribution is 2.23. The van der Waals surface area contributed by atoms with E-state index in [0.717, 1.165) is 5.69 Å². The predicted molar refractivity (Wildman–Crippen MR) is 86.8 cm³/mol. The molecule has 1 aromatic carbocycles. The van der Waals surface area contributed by atoms with Gasteiger partial charge >= 0.3 is 0 Å². The standard InChI is InChI=1S/C19H23N/c1-15(18-7-5-6-14-20-18)8-9-16-10-12-17(13-11-16)19(2,3)4/h5-15H,1-4H3/b9-8+. The molecule has 1 unspecified atom stereocenters. The average molecular weight is 265 g/mol. The fraction of sp³-hybridized carbons (Fsp3) is 0.316. The van der Waals surface area contributed by atoms with Crippen LogP contribution in [0.15, 0.2) is 54.7 Å². The molecule has 1 aromatic heterocycles. The fourth-order valence-electron chi connectivity index (χ4n) is 2.09. The topological polar surface area (TPSA) is 12.9 Å². The predicted octanol–water partition coefficient (Wildman–Crippen LogP) is 5.20. The molecule has 0 saturated carbocycles. The Balaban J connectivity index is 2.08. The maximum atomic E-state index is 4.39. The second-order valence-corrected chi connectivity index (χ2v) is 6.27. The fourth-order valence-corrected chi connectivity index (χ4v) is 2.09. The Morgan fingerprint density at radius 2 is 1.70 bits per heavy atom. The van der Waals surface area contributed by atoms with Gasteiger partial charge in [-0.2, -0.15) is 0 Å². The highest BCUT2D eigenvalue weighted by atomic mass is 14.7. The van der Waals surface area contributed by atoms with Gasteiger partial charge in [0.15, 0.2) is 0 Å². The lowest BCUT2D eigenvalue weighted by molar-refractivity contribution is 0.590. The monoisotopic (exact) mass is 265 g/mol. The average Bonchev–Trinajstić information content (AvgIpc) is 2.45. The quantitative estimate of drug-likeness (QED) is 0.743. The summed E-state index contributed by atoms with van der Waals surface area (Å²) in [7, 11) is 0. The molecule has 0 amide bonds. The van der Waals surface area contributed by atoms with Crippen LogP contribution in [0.3, 0.4) is 0 Å². The van der Waals surface area contributed by atoms with E-state index < -0.39 is 0 Å². The molecule has 2 aromatic rings. The zero-order valence-corrected chi connectivity index (χ0v) is 12.8. The molecule has 0 N–H and O–H groups in total. The molecule has 1 atom stereocenters. The first-order valence-corrected chi connectivity index (χ1v) is 7.16. The number of allylic oxidation sites excluding steroid dienone is 1. The normalized spacial score (nSPS) is 13.6. The third-order valence-corrected chi connectivity index (χ3v) is 3.51. The van der Waals surface area contributed by atoms with Crippen molar-refractivity contribution in [3.63, 3.8) is 0 Å². The van der Waals surface area contributed by atoms with E-state index in [9.17, 15) is 0 Å². The van der Waals surface area contributed by atoms with E-state index in [-0.39, 0.29) is 5.41 Å². The number of rotatable bonds is 3. The molecule has 0 spiro atoms. The number of nitrogens with zero attached hydrogens (tertiary/aromatic N) is 1. The molecule has 20 heavy (non-hydrogen) atoms. The van der Waals surface area contributed by atoms with E-state index in [4.69, 9.17) is 0 Å². The van der Waals surface area contributed by atoms with Crippen molar-refractivity contribution < 1.29 is 0 Å². The van der Waals surface area contributed by atoms with Crippen molar-refractivity contribution in [2.24, 2.45) is 0 Å². The van der Waals surface area contributed by atoms with Crippen molar-refractivity contribution in [3.8, 4) is 0 Å². The van der Waals surface area contributed by atoms with Gasteiger partial charge in [-0.25, -0.2) is 0 Å². The van der Waals surface area contributed by atoms with Gasteiger partial charge in [-0.15, -0.1) is 0 Å². The molecule has 1 heteroatoms. The van der Waals surface area contributed by atoms with Crippen LogP contribution in [0.5, 0.6) is 0 Å². The first kappa shape index (κ1) is 14.5. The summed E-state index contributed by atoms with van der Waals surface area (Å²) in [6.45, 7) is 8.88. The number of hydrogen-bond acceptors (Lipinski definition) is 1. The molecular weight excluding hydrogens is 242 g/mol. The van der Waals surface area contributed by atoms with Crippen molar-refractivity contribution in [1.29, 1.82) is 0 Å². The second kappa shape index (κ2) is 6.04. The van der Waals surface area contributed by atoms with Gasteiger partial charge in [0.05, 0.1) is 0 Å². The van der Waals surface area contributed by atoms with Gasteiger partial charge in [-0.3, -0.25) is 4.98 Å². The minimum absolute atomic E-state index is 0.212. The summed E-state index contributed by atoms with van der Waals surface area (Å²) in [6, 6.07) is 14.8. The smallest absolute Gasteiger partial charge is 0.0469 e. The highest BCUT2D eigenvalue weighted by molar-refractivity contribution is 5.51. The Morgan fingerprint density at radius 3 is 2.25 bits per heavy atom. The van der Waals surface area contributed by atoms with E-state index in [1.54, 1.807) is 0 Å². The molecule has 104 valence electrons. The van der Waals surface area contributed by atoms with Crippen LogP contribution in [0.1, 0.15) is 50.4 Å². The Bertz CT molecular complexity index is 559. The SMILES string of the molecule is CC(/C=C/c1ccc(C(C)(C)C)cc1)c1ccccn1. The van der Waals surface area contributed by atoms with E-state index in [1.165, 1.54) is 11.1 Å². The summed E-state index contributed by atoms with van der Waals surface area (Å²) in [5.41, 5.74) is 3.92. The van der Waals surface area contributed by atoms with Crippen molar-refractivity contribution in [2.75, 3.05) is 0 Å². The van der Waals surface area contributed by atoms with Gasteiger partial charge in [0, 0.05) is 17.8 Å². The molecule has 0 bridgehead atoms. The molecule has 0 aliphatic heterocycles. The number of benzene rings is 1. The lowest BCUT2D eigenvalue weighted by Crippen LogP contribution is -2.10. The van der Waals surface area contributed by atoms with Gasteiger partial charge in [-0.1, -0.05) is 70.2 Å². The number of aromatic nitrogens is 1. The van der Waals surface area contributed by atoms with Gasteiger partial charge in [0.1, 0.15) is 0 Å². The summed E-state index contributed by atoms with van der Waals surface area (Å²) in [6.07, 6.45) is 6.22. The van der Waals surface area contributed by atoms with E-state index in [2.05, 4.69) is 75.2 Å². The Hall–Kier alpha value is -1.89. The minimum Gasteiger partial charge on any atom is -0.261 e.